The molecule has 0 aliphatic heterocycles. The van der Waals surface area contributed by atoms with Crippen molar-refractivity contribution in [3.05, 3.63) is 95.1 Å². The van der Waals surface area contributed by atoms with E-state index in [0.717, 1.165) is 52.2 Å². The molecule has 0 spiro atoms. The first-order valence-electron chi connectivity index (χ1n) is 13.9. The summed E-state index contributed by atoms with van der Waals surface area (Å²) < 4.78 is 29.0. The average molecular weight is 562 g/mol. The topological polar surface area (TPSA) is 86.8 Å². The second-order valence-electron chi connectivity index (χ2n) is 10.7. The molecule has 0 bridgehead atoms. The lowest BCUT2D eigenvalue weighted by Gasteiger charge is -2.33. The maximum Gasteiger partial charge on any atom is 0.264 e. The van der Waals surface area contributed by atoms with E-state index in [1.807, 2.05) is 51.1 Å². The molecule has 0 aromatic heterocycles. The van der Waals surface area contributed by atoms with Gasteiger partial charge in [0.1, 0.15) is 12.6 Å². The zero-order chi connectivity index (χ0) is 28.9. The van der Waals surface area contributed by atoms with Gasteiger partial charge in [0.15, 0.2) is 0 Å². The first kappa shape index (κ1) is 29.3. The highest BCUT2D eigenvalue weighted by Crippen LogP contribution is 2.27. The van der Waals surface area contributed by atoms with Gasteiger partial charge in [-0.05, 0) is 87.1 Å². The molecule has 1 unspecified atom stereocenters. The van der Waals surface area contributed by atoms with Crippen LogP contribution in [0.4, 0.5) is 5.69 Å². The zero-order valence-electron chi connectivity index (χ0n) is 23.8. The van der Waals surface area contributed by atoms with Crippen molar-refractivity contribution in [3.63, 3.8) is 0 Å². The standard InChI is InChI=1S/C32H39N3O4S/c1-23-18-19-29(20-25(23)3)35(40(38,39)30-16-6-5-7-17-30)22-31(36)34(21-27-13-9-8-12-24(27)2)26(4)32(37)33-28-14-10-11-15-28/h5-9,12-13,16-20,26,28H,10-11,14-15,21-22H2,1-4H3,(H,33,37). The Morgan fingerprint density at radius 3 is 2.17 bits per heavy atom. The van der Waals surface area contributed by atoms with Crippen molar-refractivity contribution in [3.8, 4) is 0 Å². The van der Waals surface area contributed by atoms with Crippen LogP contribution in [0.3, 0.4) is 0 Å². The molecule has 2 amide bonds. The smallest absolute Gasteiger partial charge is 0.264 e. The van der Waals surface area contributed by atoms with E-state index in [-0.39, 0.29) is 23.4 Å². The highest BCUT2D eigenvalue weighted by Gasteiger charge is 2.33. The zero-order valence-corrected chi connectivity index (χ0v) is 24.6. The van der Waals surface area contributed by atoms with Gasteiger partial charge in [0.2, 0.25) is 11.8 Å². The van der Waals surface area contributed by atoms with Gasteiger partial charge in [-0.25, -0.2) is 8.42 Å². The van der Waals surface area contributed by atoms with Crippen LogP contribution in [0.2, 0.25) is 0 Å². The Hall–Kier alpha value is -3.65. The third kappa shape index (κ3) is 6.73. The van der Waals surface area contributed by atoms with Gasteiger partial charge in [0.25, 0.3) is 10.0 Å². The van der Waals surface area contributed by atoms with Crippen molar-refractivity contribution >= 4 is 27.5 Å². The summed E-state index contributed by atoms with van der Waals surface area (Å²) in [7, 11) is -4.07. The van der Waals surface area contributed by atoms with Gasteiger partial charge in [0, 0.05) is 12.6 Å². The lowest BCUT2D eigenvalue weighted by atomic mass is 10.1. The van der Waals surface area contributed by atoms with Crippen LogP contribution in [0, 0.1) is 20.8 Å². The number of sulfonamides is 1. The Morgan fingerprint density at radius 1 is 0.875 bits per heavy atom. The Balaban J connectivity index is 1.70. The fraction of sp³-hybridized carbons (Fsp3) is 0.375. The Bertz CT molecular complexity index is 1450. The molecule has 40 heavy (non-hydrogen) atoms. The number of rotatable bonds is 10. The number of nitrogens with zero attached hydrogens (tertiary/aromatic N) is 2. The molecule has 1 aliphatic carbocycles. The highest BCUT2D eigenvalue weighted by molar-refractivity contribution is 7.92. The molecule has 1 aliphatic rings. The van der Waals surface area contributed by atoms with Crippen molar-refractivity contribution in [1.29, 1.82) is 0 Å². The molecule has 0 saturated heterocycles. The van der Waals surface area contributed by atoms with E-state index in [1.165, 1.54) is 17.0 Å². The van der Waals surface area contributed by atoms with Gasteiger partial charge in [-0.2, -0.15) is 0 Å². The molecule has 3 aromatic rings. The Morgan fingerprint density at radius 2 is 1.52 bits per heavy atom. The number of hydrogen-bond acceptors (Lipinski definition) is 4. The van der Waals surface area contributed by atoms with Crippen LogP contribution < -0.4 is 9.62 Å². The number of carbonyl (C=O) groups is 2. The van der Waals surface area contributed by atoms with Gasteiger partial charge >= 0.3 is 0 Å². The molecular formula is C32H39N3O4S. The molecule has 7 nitrogen and oxygen atoms in total. The predicted molar refractivity (Wildman–Crippen MR) is 158 cm³/mol. The minimum absolute atomic E-state index is 0.0958. The van der Waals surface area contributed by atoms with Gasteiger partial charge in [-0.15, -0.1) is 0 Å². The van der Waals surface area contributed by atoms with Gasteiger partial charge in [-0.3, -0.25) is 13.9 Å². The summed E-state index contributed by atoms with van der Waals surface area (Å²) >= 11 is 0. The number of aryl methyl sites for hydroxylation is 3. The fourth-order valence-electron chi connectivity index (χ4n) is 5.07. The van der Waals surface area contributed by atoms with Gasteiger partial charge in [-0.1, -0.05) is 61.4 Å². The first-order chi connectivity index (χ1) is 19.1. The van der Waals surface area contributed by atoms with Crippen LogP contribution in [0.1, 0.15) is 54.9 Å². The molecule has 1 saturated carbocycles. The molecule has 1 atom stereocenters. The molecule has 0 radical (unpaired) electrons. The number of amides is 2. The summed E-state index contributed by atoms with van der Waals surface area (Å²) in [4.78, 5) is 29.0. The van der Waals surface area contributed by atoms with E-state index in [0.29, 0.717) is 5.69 Å². The summed E-state index contributed by atoms with van der Waals surface area (Å²) in [6.45, 7) is 7.29. The molecular weight excluding hydrogens is 522 g/mol. The summed E-state index contributed by atoms with van der Waals surface area (Å²) in [5, 5.41) is 3.10. The summed E-state index contributed by atoms with van der Waals surface area (Å²) in [5.41, 5.74) is 4.23. The maximum atomic E-state index is 14.1. The number of anilines is 1. The van der Waals surface area contributed by atoms with Crippen molar-refractivity contribution in [2.24, 2.45) is 0 Å². The quantitative estimate of drug-likeness (QED) is 0.365. The third-order valence-corrected chi connectivity index (χ3v) is 9.65. The van der Waals surface area contributed by atoms with Crippen LogP contribution in [-0.4, -0.2) is 43.8 Å². The van der Waals surface area contributed by atoms with Gasteiger partial charge in [0.05, 0.1) is 10.6 Å². The van der Waals surface area contributed by atoms with Crippen LogP contribution in [-0.2, 0) is 26.2 Å². The molecule has 212 valence electrons. The predicted octanol–water partition coefficient (Wildman–Crippen LogP) is 5.28. The highest BCUT2D eigenvalue weighted by atomic mass is 32.2. The molecule has 1 N–H and O–H groups in total. The van der Waals surface area contributed by atoms with Crippen molar-refractivity contribution < 1.29 is 18.0 Å². The monoisotopic (exact) mass is 561 g/mol. The van der Waals surface area contributed by atoms with Crippen LogP contribution in [0.5, 0.6) is 0 Å². The summed E-state index contributed by atoms with van der Waals surface area (Å²) in [6.07, 6.45) is 4.01. The second-order valence-corrected chi connectivity index (χ2v) is 12.6. The lowest BCUT2D eigenvalue weighted by Crippen LogP contribution is -2.52. The second kappa shape index (κ2) is 12.7. The van der Waals surface area contributed by atoms with Crippen LogP contribution in [0.15, 0.2) is 77.7 Å². The number of hydrogen-bond donors (Lipinski definition) is 1. The van der Waals surface area contributed by atoms with Crippen LogP contribution in [0.25, 0.3) is 0 Å². The molecule has 4 rings (SSSR count). The average Bonchev–Trinajstić information content (AvgIpc) is 3.46. The van der Waals surface area contributed by atoms with E-state index in [2.05, 4.69) is 5.32 Å². The summed E-state index contributed by atoms with van der Waals surface area (Å²) in [6, 6.07) is 20.5. The van der Waals surface area contributed by atoms with E-state index >= 15 is 0 Å². The van der Waals surface area contributed by atoms with Crippen molar-refractivity contribution in [2.75, 3.05) is 10.8 Å². The fourth-order valence-corrected chi connectivity index (χ4v) is 6.50. The van der Waals surface area contributed by atoms with E-state index in [1.54, 1.807) is 37.3 Å². The SMILES string of the molecule is Cc1ccc(N(CC(=O)N(Cc2ccccc2C)C(C)C(=O)NC2CCCC2)S(=O)(=O)c2ccccc2)cc1C. The number of benzene rings is 3. The maximum absolute atomic E-state index is 14.1. The number of nitrogens with one attached hydrogen (secondary N) is 1. The Kier molecular flexibility index (Phi) is 9.30. The van der Waals surface area contributed by atoms with Crippen molar-refractivity contribution in [2.45, 2.75) is 76.9 Å². The largest absolute Gasteiger partial charge is 0.352 e. The van der Waals surface area contributed by atoms with Crippen molar-refractivity contribution in [1.82, 2.24) is 10.2 Å². The minimum atomic E-state index is -4.07. The lowest BCUT2D eigenvalue weighted by molar-refractivity contribution is -0.139. The third-order valence-electron chi connectivity index (χ3n) is 7.86. The molecule has 1 fully saturated rings. The van der Waals surface area contributed by atoms with Gasteiger partial charge < -0.3 is 10.2 Å². The first-order valence-corrected chi connectivity index (χ1v) is 15.3. The normalized spacial score (nSPS) is 14.5. The van der Waals surface area contributed by atoms with Crippen LogP contribution >= 0.6 is 0 Å². The molecule has 3 aromatic carbocycles. The summed E-state index contributed by atoms with van der Waals surface area (Å²) in [5.74, 6) is -0.674. The Labute approximate surface area is 238 Å². The van der Waals surface area contributed by atoms with E-state index < -0.39 is 28.5 Å². The minimum Gasteiger partial charge on any atom is -0.352 e. The van der Waals surface area contributed by atoms with E-state index in [9.17, 15) is 18.0 Å². The molecule has 8 heteroatoms. The number of carbonyl (C=O) groups excluding carboxylic acids is 2. The van der Waals surface area contributed by atoms with E-state index in [4.69, 9.17) is 0 Å². The molecule has 0 heterocycles.